The van der Waals surface area contributed by atoms with Gasteiger partial charge in [0.25, 0.3) is 0 Å². The van der Waals surface area contributed by atoms with E-state index in [2.05, 4.69) is 4.98 Å². The van der Waals surface area contributed by atoms with E-state index < -0.39 is 0 Å². The molecule has 4 heteroatoms. The van der Waals surface area contributed by atoms with Crippen LogP contribution in [0.2, 0.25) is 0 Å². The van der Waals surface area contributed by atoms with Crippen molar-refractivity contribution in [3.63, 3.8) is 0 Å². The Bertz CT molecular complexity index is 402. The molecule has 1 aromatic heterocycles. The maximum atomic E-state index is 11.9. The first-order chi connectivity index (χ1) is 7.77. The van der Waals surface area contributed by atoms with Gasteiger partial charge in [-0.25, -0.2) is 0 Å². The van der Waals surface area contributed by atoms with Crippen LogP contribution in [0, 0.1) is 0 Å². The van der Waals surface area contributed by atoms with E-state index in [-0.39, 0.29) is 18.0 Å². The largest absolute Gasteiger partial charge is 0.331 e. The van der Waals surface area contributed by atoms with E-state index in [1.54, 1.807) is 6.20 Å². The van der Waals surface area contributed by atoms with E-state index >= 15 is 0 Å². The average molecular weight is 217 g/mol. The van der Waals surface area contributed by atoms with Gasteiger partial charge in [0.1, 0.15) is 0 Å². The zero-order chi connectivity index (χ0) is 11.1. The van der Waals surface area contributed by atoms with Gasteiger partial charge in [-0.05, 0) is 24.5 Å². The van der Waals surface area contributed by atoms with Crippen molar-refractivity contribution in [2.75, 3.05) is 0 Å². The second kappa shape index (κ2) is 3.56. The summed E-state index contributed by atoms with van der Waals surface area (Å²) in [6.07, 6.45) is 6.27. The van der Waals surface area contributed by atoms with Crippen LogP contribution in [0.1, 0.15) is 30.9 Å². The van der Waals surface area contributed by atoms with Crippen LogP contribution < -0.4 is 5.73 Å². The molecule has 0 aromatic carbocycles. The van der Waals surface area contributed by atoms with Crippen LogP contribution in [0.5, 0.6) is 0 Å². The Morgan fingerprint density at radius 1 is 1.44 bits per heavy atom. The van der Waals surface area contributed by atoms with E-state index in [0.29, 0.717) is 12.5 Å². The number of nitrogens with zero attached hydrogens (tertiary/aromatic N) is 2. The van der Waals surface area contributed by atoms with Gasteiger partial charge >= 0.3 is 0 Å². The van der Waals surface area contributed by atoms with Crippen molar-refractivity contribution in [3.05, 3.63) is 30.1 Å². The molecule has 1 aromatic rings. The second-order valence-corrected chi connectivity index (χ2v) is 4.63. The van der Waals surface area contributed by atoms with E-state index in [0.717, 1.165) is 18.4 Å². The van der Waals surface area contributed by atoms with E-state index in [1.807, 2.05) is 23.2 Å². The molecule has 1 saturated heterocycles. The van der Waals surface area contributed by atoms with Crippen molar-refractivity contribution in [2.45, 2.75) is 37.4 Å². The highest BCUT2D eigenvalue weighted by Crippen LogP contribution is 2.40. The van der Waals surface area contributed by atoms with Gasteiger partial charge in [0.05, 0.1) is 6.04 Å². The fraction of sp³-hybridized carbons (Fsp3) is 0.500. The van der Waals surface area contributed by atoms with Gasteiger partial charge in [0, 0.05) is 30.9 Å². The van der Waals surface area contributed by atoms with Gasteiger partial charge in [-0.3, -0.25) is 9.78 Å². The van der Waals surface area contributed by atoms with Crippen molar-refractivity contribution < 1.29 is 4.79 Å². The molecule has 1 saturated carbocycles. The quantitative estimate of drug-likeness (QED) is 0.798. The number of likely N-dealkylation sites (tertiary alicyclic amines) is 1. The minimum atomic E-state index is -0.0858. The molecular formula is C12H15N3O. The number of hydrogen-bond donors (Lipinski definition) is 1. The number of nitrogens with two attached hydrogens (primary N) is 1. The molecule has 2 heterocycles. The molecule has 3 rings (SSSR count). The number of aromatic nitrogens is 1. The van der Waals surface area contributed by atoms with Gasteiger partial charge in [-0.1, -0.05) is 6.07 Å². The van der Waals surface area contributed by atoms with Crippen LogP contribution in [-0.2, 0) is 4.79 Å². The predicted octanol–water partition coefficient (Wildman–Crippen LogP) is 0.845. The Hall–Kier alpha value is -1.42. The highest BCUT2D eigenvalue weighted by Gasteiger charge is 2.45. The molecule has 2 atom stereocenters. The van der Waals surface area contributed by atoms with Crippen molar-refractivity contribution in [1.29, 1.82) is 0 Å². The van der Waals surface area contributed by atoms with E-state index in [4.69, 9.17) is 5.73 Å². The third-order valence-electron chi connectivity index (χ3n) is 3.37. The third-order valence-corrected chi connectivity index (χ3v) is 3.37. The van der Waals surface area contributed by atoms with Gasteiger partial charge in [0.2, 0.25) is 5.91 Å². The summed E-state index contributed by atoms with van der Waals surface area (Å²) in [5.74, 6) is 0.198. The monoisotopic (exact) mass is 217 g/mol. The van der Waals surface area contributed by atoms with Crippen molar-refractivity contribution in [3.8, 4) is 0 Å². The van der Waals surface area contributed by atoms with E-state index in [9.17, 15) is 4.79 Å². The number of carbonyl (C=O) groups is 1. The first-order valence-electron chi connectivity index (χ1n) is 5.74. The lowest BCUT2D eigenvalue weighted by Crippen LogP contribution is -2.34. The fourth-order valence-electron chi connectivity index (χ4n) is 2.52. The molecule has 16 heavy (non-hydrogen) atoms. The maximum Gasteiger partial charge on any atom is 0.225 e. The summed E-state index contributed by atoms with van der Waals surface area (Å²) in [7, 11) is 0. The summed E-state index contributed by atoms with van der Waals surface area (Å²) in [5.41, 5.74) is 7.13. The third kappa shape index (κ3) is 1.50. The molecule has 1 aliphatic heterocycles. The minimum Gasteiger partial charge on any atom is -0.331 e. The fourth-order valence-corrected chi connectivity index (χ4v) is 2.52. The summed E-state index contributed by atoms with van der Waals surface area (Å²) in [5, 5.41) is 0. The molecular weight excluding hydrogens is 202 g/mol. The first kappa shape index (κ1) is 9.78. The Labute approximate surface area is 94.5 Å². The van der Waals surface area contributed by atoms with Crippen LogP contribution in [0.4, 0.5) is 0 Å². The SMILES string of the molecule is N[C@@H]1CC(=O)N(C2CC2)[C@@H]1c1cccnc1. The number of amides is 1. The van der Waals surface area contributed by atoms with Gasteiger partial charge in [0.15, 0.2) is 0 Å². The summed E-state index contributed by atoms with van der Waals surface area (Å²) in [4.78, 5) is 18.0. The second-order valence-electron chi connectivity index (χ2n) is 4.63. The van der Waals surface area contributed by atoms with Gasteiger partial charge in [-0.2, -0.15) is 0 Å². The highest BCUT2D eigenvalue weighted by molar-refractivity contribution is 5.81. The number of pyridine rings is 1. The minimum absolute atomic E-state index is 0.0358. The van der Waals surface area contributed by atoms with Crippen molar-refractivity contribution in [2.24, 2.45) is 5.73 Å². The van der Waals surface area contributed by atoms with Crippen molar-refractivity contribution in [1.82, 2.24) is 9.88 Å². The summed E-state index contributed by atoms with van der Waals surface area (Å²) in [6.45, 7) is 0. The van der Waals surface area contributed by atoms with Crippen LogP contribution in [0.3, 0.4) is 0 Å². The lowest BCUT2D eigenvalue weighted by molar-refractivity contribution is -0.129. The zero-order valence-electron chi connectivity index (χ0n) is 9.04. The van der Waals surface area contributed by atoms with Crippen LogP contribution in [-0.4, -0.2) is 27.9 Å². The topological polar surface area (TPSA) is 59.2 Å². The molecule has 0 radical (unpaired) electrons. The lowest BCUT2D eigenvalue weighted by atomic mass is 10.0. The predicted molar refractivity (Wildman–Crippen MR) is 59.4 cm³/mol. The summed E-state index contributed by atoms with van der Waals surface area (Å²) < 4.78 is 0. The first-order valence-corrected chi connectivity index (χ1v) is 5.74. The van der Waals surface area contributed by atoms with Crippen LogP contribution >= 0.6 is 0 Å². The molecule has 1 aliphatic carbocycles. The number of hydrogen-bond acceptors (Lipinski definition) is 3. The molecule has 2 N–H and O–H groups in total. The van der Waals surface area contributed by atoms with E-state index in [1.165, 1.54) is 0 Å². The van der Waals surface area contributed by atoms with Gasteiger partial charge in [-0.15, -0.1) is 0 Å². The maximum absolute atomic E-state index is 11.9. The summed E-state index contributed by atoms with van der Waals surface area (Å²) in [6, 6.07) is 4.28. The standard InChI is InChI=1S/C12H15N3O/c13-10-6-11(16)15(9-3-4-9)12(10)8-2-1-5-14-7-8/h1-2,5,7,9-10,12H,3-4,6,13H2/t10-,12-/m1/s1. The molecule has 2 aliphatic rings. The lowest BCUT2D eigenvalue weighted by Gasteiger charge is -2.26. The Kier molecular flexibility index (Phi) is 2.17. The molecule has 84 valence electrons. The smallest absolute Gasteiger partial charge is 0.225 e. The average Bonchev–Trinajstić information content (AvgIpc) is 3.06. The Morgan fingerprint density at radius 2 is 2.25 bits per heavy atom. The normalized spacial score (nSPS) is 29.8. The molecule has 0 spiro atoms. The highest BCUT2D eigenvalue weighted by atomic mass is 16.2. The molecule has 4 nitrogen and oxygen atoms in total. The number of carbonyl (C=O) groups excluding carboxylic acids is 1. The number of rotatable bonds is 2. The van der Waals surface area contributed by atoms with Crippen LogP contribution in [0.15, 0.2) is 24.5 Å². The summed E-state index contributed by atoms with van der Waals surface area (Å²) >= 11 is 0. The van der Waals surface area contributed by atoms with Crippen LogP contribution in [0.25, 0.3) is 0 Å². The molecule has 1 amide bonds. The molecule has 2 fully saturated rings. The van der Waals surface area contributed by atoms with Gasteiger partial charge < -0.3 is 10.6 Å². The molecule has 0 bridgehead atoms. The zero-order valence-corrected chi connectivity index (χ0v) is 9.04. The molecule has 0 unspecified atom stereocenters. The Morgan fingerprint density at radius 3 is 2.88 bits per heavy atom. The Balaban J connectivity index is 1.94. The van der Waals surface area contributed by atoms with Crippen molar-refractivity contribution >= 4 is 5.91 Å².